The molecule has 3 heterocycles. The molecule has 0 saturated heterocycles. The topological polar surface area (TPSA) is 82.0 Å². The van der Waals surface area contributed by atoms with E-state index in [0.717, 1.165) is 16.7 Å². The predicted octanol–water partition coefficient (Wildman–Crippen LogP) is 3.87. The maximum atomic E-state index is 10.8. The molecular weight excluding hydrogens is 306 g/mol. The molecule has 0 aliphatic rings. The Bertz CT molecular complexity index is 989. The summed E-state index contributed by atoms with van der Waals surface area (Å²) in [4.78, 5) is 14.8. The third kappa shape index (κ3) is 2.50. The number of hydrogen-bond donors (Lipinski definition) is 0. The molecule has 0 fully saturated rings. The standard InChI is InChI=1S/C18H11N3O3/c22-11-13-5-6-16(23-13)14-3-1-2-4-15(14)18-21-20-17(24-18)12-7-9-19-10-8-12/h1-11H. The molecule has 0 unspecified atom stereocenters. The van der Waals surface area contributed by atoms with Crippen LogP contribution in [0, 0.1) is 0 Å². The lowest BCUT2D eigenvalue weighted by molar-refractivity contribution is 0.110. The van der Waals surface area contributed by atoms with E-state index < -0.39 is 0 Å². The lowest BCUT2D eigenvalue weighted by Gasteiger charge is -2.02. The summed E-state index contributed by atoms with van der Waals surface area (Å²) >= 11 is 0. The number of aromatic nitrogens is 3. The fraction of sp³-hybridized carbons (Fsp3) is 0. The first-order chi connectivity index (χ1) is 11.8. The Morgan fingerprint density at radius 2 is 1.54 bits per heavy atom. The molecule has 0 radical (unpaired) electrons. The highest BCUT2D eigenvalue weighted by molar-refractivity contribution is 5.79. The second-order valence-corrected chi connectivity index (χ2v) is 5.01. The van der Waals surface area contributed by atoms with Crippen molar-refractivity contribution in [2.75, 3.05) is 0 Å². The maximum Gasteiger partial charge on any atom is 0.248 e. The van der Waals surface area contributed by atoms with Gasteiger partial charge in [-0.25, -0.2) is 0 Å². The van der Waals surface area contributed by atoms with E-state index in [9.17, 15) is 4.79 Å². The molecule has 0 N–H and O–H groups in total. The first-order valence-electron chi connectivity index (χ1n) is 7.24. The molecule has 0 aliphatic carbocycles. The molecule has 4 rings (SSSR count). The van der Waals surface area contributed by atoms with Crippen molar-refractivity contribution in [3.63, 3.8) is 0 Å². The lowest BCUT2D eigenvalue weighted by Crippen LogP contribution is -1.83. The number of nitrogens with zero attached hydrogens (tertiary/aromatic N) is 3. The third-order valence-electron chi connectivity index (χ3n) is 3.52. The van der Waals surface area contributed by atoms with E-state index >= 15 is 0 Å². The van der Waals surface area contributed by atoms with Crippen LogP contribution in [-0.4, -0.2) is 21.5 Å². The molecule has 0 aliphatic heterocycles. The van der Waals surface area contributed by atoms with E-state index in [4.69, 9.17) is 8.83 Å². The number of aldehydes is 1. The van der Waals surface area contributed by atoms with E-state index in [1.165, 1.54) is 0 Å². The molecule has 6 heteroatoms. The van der Waals surface area contributed by atoms with E-state index in [-0.39, 0.29) is 5.76 Å². The average molecular weight is 317 g/mol. The number of carbonyl (C=O) groups is 1. The van der Waals surface area contributed by atoms with Gasteiger partial charge in [0.05, 0.1) is 0 Å². The van der Waals surface area contributed by atoms with Crippen molar-refractivity contribution < 1.29 is 13.6 Å². The van der Waals surface area contributed by atoms with Gasteiger partial charge in [0.15, 0.2) is 12.0 Å². The predicted molar refractivity (Wildman–Crippen MR) is 86.1 cm³/mol. The number of benzene rings is 1. The Morgan fingerprint density at radius 3 is 2.29 bits per heavy atom. The summed E-state index contributed by atoms with van der Waals surface area (Å²) in [6, 6.07) is 14.4. The molecule has 116 valence electrons. The van der Waals surface area contributed by atoms with Gasteiger partial charge in [0.2, 0.25) is 11.8 Å². The van der Waals surface area contributed by atoms with Crippen molar-refractivity contribution in [1.29, 1.82) is 0 Å². The van der Waals surface area contributed by atoms with Crippen molar-refractivity contribution in [3.05, 3.63) is 66.7 Å². The molecule has 0 saturated carbocycles. The van der Waals surface area contributed by atoms with Crippen LogP contribution in [0.3, 0.4) is 0 Å². The summed E-state index contributed by atoms with van der Waals surface area (Å²) in [5, 5.41) is 8.22. The molecule has 1 aromatic carbocycles. The monoisotopic (exact) mass is 317 g/mol. The summed E-state index contributed by atoms with van der Waals surface area (Å²) in [5.74, 6) is 1.62. The number of carbonyl (C=O) groups excluding carboxylic acids is 1. The van der Waals surface area contributed by atoms with Gasteiger partial charge >= 0.3 is 0 Å². The summed E-state index contributed by atoms with van der Waals surface area (Å²) in [6.07, 6.45) is 3.99. The smallest absolute Gasteiger partial charge is 0.248 e. The van der Waals surface area contributed by atoms with Crippen molar-refractivity contribution in [3.8, 4) is 34.2 Å². The zero-order valence-electron chi connectivity index (χ0n) is 12.4. The van der Waals surface area contributed by atoms with E-state index in [1.54, 1.807) is 36.7 Å². The number of rotatable bonds is 4. The van der Waals surface area contributed by atoms with Crippen molar-refractivity contribution >= 4 is 6.29 Å². The molecule has 0 bridgehead atoms. The highest BCUT2D eigenvalue weighted by atomic mass is 16.4. The number of pyridine rings is 1. The van der Waals surface area contributed by atoms with Crippen LogP contribution in [-0.2, 0) is 0 Å². The first-order valence-corrected chi connectivity index (χ1v) is 7.24. The van der Waals surface area contributed by atoms with Gasteiger partial charge in [0, 0.05) is 29.1 Å². The number of furan rings is 1. The zero-order chi connectivity index (χ0) is 16.4. The second-order valence-electron chi connectivity index (χ2n) is 5.01. The van der Waals surface area contributed by atoms with E-state index in [0.29, 0.717) is 23.8 Å². The van der Waals surface area contributed by atoms with Crippen molar-refractivity contribution in [2.45, 2.75) is 0 Å². The minimum absolute atomic E-state index is 0.266. The highest BCUT2D eigenvalue weighted by Crippen LogP contribution is 2.33. The Labute approximate surface area is 136 Å². The van der Waals surface area contributed by atoms with E-state index in [1.807, 2.05) is 24.3 Å². The Balaban J connectivity index is 1.78. The molecule has 3 aromatic heterocycles. The molecule has 0 atom stereocenters. The van der Waals surface area contributed by atoms with Gasteiger partial charge in [-0.15, -0.1) is 10.2 Å². The van der Waals surface area contributed by atoms with Gasteiger partial charge in [-0.1, -0.05) is 18.2 Å². The van der Waals surface area contributed by atoms with Crippen LogP contribution in [0.15, 0.2) is 69.8 Å². The molecule has 0 spiro atoms. The molecule has 4 aromatic rings. The van der Waals surface area contributed by atoms with Gasteiger partial charge in [0.25, 0.3) is 0 Å². The summed E-state index contributed by atoms with van der Waals surface area (Å²) in [5.41, 5.74) is 2.30. The average Bonchev–Trinajstić information content (AvgIpc) is 3.32. The van der Waals surface area contributed by atoms with Crippen molar-refractivity contribution in [1.82, 2.24) is 15.2 Å². The molecule has 6 nitrogen and oxygen atoms in total. The fourth-order valence-electron chi connectivity index (χ4n) is 2.39. The molecule has 24 heavy (non-hydrogen) atoms. The SMILES string of the molecule is O=Cc1ccc(-c2ccccc2-c2nnc(-c3ccncc3)o2)o1. The van der Waals surface area contributed by atoms with Crippen LogP contribution in [0.1, 0.15) is 10.6 Å². The Morgan fingerprint density at radius 1 is 0.792 bits per heavy atom. The zero-order valence-corrected chi connectivity index (χ0v) is 12.4. The normalized spacial score (nSPS) is 10.7. The van der Waals surface area contributed by atoms with Crippen molar-refractivity contribution in [2.24, 2.45) is 0 Å². The van der Waals surface area contributed by atoms with Gasteiger partial charge < -0.3 is 8.83 Å². The minimum atomic E-state index is 0.266. The summed E-state index contributed by atoms with van der Waals surface area (Å²) < 4.78 is 11.3. The molecule has 0 amide bonds. The van der Waals surface area contributed by atoms with Crippen LogP contribution in [0.25, 0.3) is 34.2 Å². The van der Waals surface area contributed by atoms with Crippen LogP contribution in [0.5, 0.6) is 0 Å². The number of hydrogen-bond acceptors (Lipinski definition) is 6. The lowest BCUT2D eigenvalue weighted by atomic mass is 10.1. The van der Waals surface area contributed by atoms with Crippen LogP contribution in [0.4, 0.5) is 0 Å². The van der Waals surface area contributed by atoms with Gasteiger partial charge in [-0.2, -0.15) is 0 Å². The second kappa shape index (κ2) is 5.92. The van der Waals surface area contributed by atoms with Crippen LogP contribution >= 0.6 is 0 Å². The van der Waals surface area contributed by atoms with Crippen LogP contribution in [0.2, 0.25) is 0 Å². The fourth-order valence-corrected chi connectivity index (χ4v) is 2.39. The Kier molecular flexibility index (Phi) is 3.47. The molecular formula is C18H11N3O3. The minimum Gasteiger partial charge on any atom is -0.453 e. The third-order valence-corrected chi connectivity index (χ3v) is 3.52. The summed E-state index contributed by atoms with van der Waals surface area (Å²) in [6.45, 7) is 0. The van der Waals surface area contributed by atoms with Gasteiger partial charge in [0.1, 0.15) is 5.76 Å². The maximum absolute atomic E-state index is 10.8. The highest BCUT2D eigenvalue weighted by Gasteiger charge is 2.16. The van der Waals surface area contributed by atoms with Crippen LogP contribution < -0.4 is 0 Å². The van der Waals surface area contributed by atoms with Gasteiger partial charge in [-0.3, -0.25) is 9.78 Å². The van der Waals surface area contributed by atoms with Gasteiger partial charge in [-0.05, 0) is 30.3 Å². The summed E-state index contributed by atoms with van der Waals surface area (Å²) in [7, 11) is 0. The first kappa shape index (κ1) is 14.1. The Hall–Kier alpha value is -3.54. The largest absolute Gasteiger partial charge is 0.453 e. The van der Waals surface area contributed by atoms with E-state index in [2.05, 4.69) is 15.2 Å². The quantitative estimate of drug-likeness (QED) is 0.531.